The van der Waals surface area contributed by atoms with E-state index in [2.05, 4.69) is 4.98 Å². The number of pyridine rings is 1. The molecule has 1 N–H and O–H groups in total. The minimum atomic E-state index is -4.41. The van der Waals surface area contributed by atoms with E-state index in [9.17, 15) is 13.2 Å². The van der Waals surface area contributed by atoms with Gasteiger partial charge in [-0.15, -0.1) is 0 Å². The SMILES string of the molecule is N=C1CCCCN1c1ccc(C(F)(F)F)nc1. The van der Waals surface area contributed by atoms with Crippen LogP contribution in [0, 0.1) is 5.41 Å². The molecular formula is C11H12F3N3. The van der Waals surface area contributed by atoms with Crippen molar-refractivity contribution in [3.05, 3.63) is 24.0 Å². The van der Waals surface area contributed by atoms with E-state index < -0.39 is 11.9 Å². The molecule has 0 bridgehead atoms. The number of anilines is 1. The summed E-state index contributed by atoms with van der Waals surface area (Å²) in [7, 11) is 0. The zero-order chi connectivity index (χ0) is 12.5. The van der Waals surface area contributed by atoms with Crippen molar-refractivity contribution in [3.63, 3.8) is 0 Å². The highest BCUT2D eigenvalue weighted by Crippen LogP contribution is 2.29. The van der Waals surface area contributed by atoms with Crippen molar-refractivity contribution in [2.45, 2.75) is 25.4 Å². The van der Waals surface area contributed by atoms with Crippen LogP contribution in [0.4, 0.5) is 18.9 Å². The lowest BCUT2D eigenvalue weighted by molar-refractivity contribution is -0.141. The van der Waals surface area contributed by atoms with Gasteiger partial charge in [-0.05, 0) is 25.0 Å². The first-order valence-electron chi connectivity index (χ1n) is 5.37. The number of alkyl halides is 3. The van der Waals surface area contributed by atoms with E-state index in [-0.39, 0.29) is 0 Å². The van der Waals surface area contributed by atoms with Crippen molar-refractivity contribution >= 4 is 11.5 Å². The first-order valence-corrected chi connectivity index (χ1v) is 5.37. The van der Waals surface area contributed by atoms with Gasteiger partial charge >= 0.3 is 6.18 Å². The Bertz CT molecular complexity index is 411. The summed E-state index contributed by atoms with van der Waals surface area (Å²) in [6.07, 6.45) is -0.648. The smallest absolute Gasteiger partial charge is 0.329 e. The van der Waals surface area contributed by atoms with E-state index >= 15 is 0 Å². The van der Waals surface area contributed by atoms with Crippen LogP contribution in [0.3, 0.4) is 0 Å². The van der Waals surface area contributed by atoms with Gasteiger partial charge < -0.3 is 4.90 Å². The third kappa shape index (κ3) is 2.57. The molecule has 17 heavy (non-hydrogen) atoms. The van der Waals surface area contributed by atoms with Crippen LogP contribution in [-0.4, -0.2) is 17.4 Å². The average Bonchev–Trinajstić information content (AvgIpc) is 2.29. The van der Waals surface area contributed by atoms with Gasteiger partial charge in [-0.1, -0.05) is 0 Å². The van der Waals surface area contributed by atoms with Crippen molar-refractivity contribution in [2.24, 2.45) is 0 Å². The molecule has 0 saturated carbocycles. The molecule has 0 atom stereocenters. The van der Waals surface area contributed by atoms with Crippen LogP contribution >= 0.6 is 0 Å². The van der Waals surface area contributed by atoms with Crippen molar-refractivity contribution < 1.29 is 13.2 Å². The van der Waals surface area contributed by atoms with Crippen LogP contribution in [0.2, 0.25) is 0 Å². The first-order chi connectivity index (χ1) is 7.98. The summed E-state index contributed by atoms with van der Waals surface area (Å²) in [5.74, 6) is 0.442. The Hall–Kier alpha value is -1.59. The Balaban J connectivity index is 2.20. The molecule has 3 nitrogen and oxygen atoms in total. The van der Waals surface area contributed by atoms with Gasteiger partial charge in [-0.3, -0.25) is 5.41 Å². The molecule has 92 valence electrons. The molecule has 1 fully saturated rings. The highest BCUT2D eigenvalue weighted by molar-refractivity contribution is 5.95. The molecule has 0 radical (unpaired) electrons. The van der Waals surface area contributed by atoms with E-state index in [1.807, 2.05) is 0 Å². The van der Waals surface area contributed by atoms with Crippen molar-refractivity contribution in [2.75, 3.05) is 11.4 Å². The molecule has 0 aromatic carbocycles. The molecule has 1 aliphatic rings. The van der Waals surface area contributed by atoms with E-state index in [0.29, 0.717) is 24.5 Å². The molecule has 1 aromatic rings. The van der Waals surface area contributed by atoms with Crippen LogP contribution in [0.5, 0.6) is 0 Å². The summed E-state index contributed by atoms with van der Waals surface area (Å²) >= 11 is 0. The maximum Gasteiger partial charge on any atom is 0.433 e. The first kappa shape index (κ1) is 11.9. The monoisotopic (exact) mass is 243 g/mol. The predicted octanol–water partition coefficient (Wildman–Crippen LogP) is 3.07. The van der Waals surface area contributed by atoms with Gasteiger partial charge in [0.05, 0.1) is 11.9 Å². The normalized spacial score (nSPS) is 17.4. The Morgan fingerprint density at radius 3 is 2.53 bits per heavy atom. The molecule has 1 aliphatic heterocycles. The Kier molecular flexibility index (Phi) is 3.04. The minimum Gasteiger partial charge on any atom is -0.329 e. The van der Waals surface area contributed by atoms with E-state index in [1.54, 1.807) is 4.90 Å². The van der Waals surface area contributed by atoms with Gasteiger partial charge in [0.2, 0.25) is 0 Å². The van der Waals surface area contributed by atoms with E-state index in [4.69, 9.17) is 5.41 Å². The number of hydrogen-bond donors (Lipinski definition) is 1. The summed E-state index contributed by atoms with van der Waals surface area (Å²) in [5, 5.41) is 7.74. The van der Waals surface area contributed by atoms with Crippen LogP contribution in [-0.2, 0) is 6.18 Å². The lowest BCUT2D eigenvalue weighted by atomic mass is 10.1. The Morgan fingerprint density at radius 2 is 2.00 bits per heavy atom. The number of amidine groups is 1. The van der Waals surface area contributed by atoms with Crippen LogP contribution in [0.25, 0.3) is 0 Å². The molecule has 2 heterocycles. The van der Waals surface area contributed by atoms with Gasteiger partial charge in [0.25, 0.3) is 0 Å². The van der Waals surface area contributed by atoms with Gasteiger partial charge in [0.1, 0.15) is 11.5 Å². The number of hydrogen-bond acceptors (Lipinski definition) is 2. The van der Waals surface area contributed by atoms with Gasteiger partial charge in [-0.2, -0.15) is 13.2 Å². The predicted molar refractivity (Wildman–Crippen MR) is 58.2 cm³/mol. The Morgan fingerprint density at radius 1 is 1.24 bits per heavy atom. The molecule has 0 spiro atoms. The van der Waals surface area contributed by atoms with Crippen LogP contribution in [0.15, 0.2) is 18.3 Å². The summed E-state index contributed by atoms with van der Waals surface area (Å²) in [6.45, 7) is 0.672. The lowest BCUT2D eigenvalue weighted by Gasteiger charge is -2.29. The van der Waals surface area contributed by atoms with Gasteiger partial charge in [0.15, 0.2) is 0 Å². The van der Waals surface area contributed by atoms with Crippen molar-refractivity contribution in [1.29, 1.82) is 5.41 Å². The highest BCUT2D eigenvalue weighted by Gasteiger charge is 2.32. The molecule has 2 rings (SSSR count). The molecule has 0 amide bonds. The number of nitrogens with zero attached hydrogens (tertiary/aromatic N) is 2. The largest absolute Gasteiger partial charge is 0.433 e. The summed E-state index contributed by atoms with van der Waals surface area (Å²) < 4.78 is 37.0. The van der Waals surface area contributed by atoms with Crippen molar-refractivity contribution in [1.82, 2.24) is 4.98 Å². The number of nitrogens with one attached hydrogen (secondary N) is 1. The second-order valence-corrected chi connectivity index (χ2v) is 3.95. The molecule has 6 heteroatoms. The van der Waals surface area contributed by atoms with Crippen LogP contribution < -0.4 is 4.90 Å². The molecular weight excluding hydrogens is 231 g/mol. The van der Waals surface area contributed by atoms with E-state index in [1.165, 1.54) is 12.3 Å². The third-order valence-electron chi connectivity index (χ3n) is 2.72. The summed E-state index contributed by atoms with van der Waals surface area (Å²) in [5.41, 5.74) is -0.340. The number of halogens is 3. The summed E-state index contributed by atoms with van der Waals surface area (Å²) in [6, 6.07) is 2.33. The fourth-order valence-electron chi connectivity index (χ4n) is 1.83. The topological polar surface area (TPSA) is 40.0 Å². The van der Waals surface area contributed by atoms with Crippen molar-refractivity contribution in [3.8, 4) is 0 Å². The maximum absolute atomic E-state index is 12.3. The quantitative estimate of drug-likeness (QED) is 0.823. The Labute approximate surface area is 96.8 Å². The lowest BCUT2D eigenvalue weighted by Crippen LogP contribution is -2.34. The fraction of sp³-hybridized carbons (Fsp3) is 0.455. The third-order valence-corrected chi connectivity index (χ3v) is 2.72. The maximum atomic E-state index is 12.3. The molecule has 0 aliphatic carbocycles. The second kappa shape index (κ2) is 4.35. The standard InChI is InChI=1S/C11H12F3N3/c12-11(13,14)9-5-4-8(7-16-9)17-6-2-1-3-10(17)15/h4-5,7,15H,1-3,6H2. The summed E-state index contributed by atoms with van der Waals surface area (Å²) in [4.78, 5) is 5.10. The minimum absolute atomic E-state index is 0.442. The average molecular weight is 243 g/mol. The molecule has 1 saturated heterocycles. The van der Waals surface area contributed by atoms with Crippen LogP contribution in [0.1, 0.15) is 25.0 Å². The zero-order valence-corrected chi connectivity index (χ0v) is 9.09. The number of rotatable bonds is 1. The van der Waals surface area contributed by atoms with Gasteiger partial charge in [-0.25, -0.2) is 4.98 Å². The fourth-order valence-corrected chi connectivity index (χ4v) is 1.83. The zero-order valence-electron chi connectivity index (χ0n) is 9.09. The second-order valence-electron chi connectivity index (χ2n) is 3.95. The number of aromatic nitrogens is 1. The number of piperidine rings is 1. The molecule has 1 aromatic heterocycles. The van der Waals surface area contributed by atoms with Gasteiger partial charge in [0, 0.05) is 13.0 Å². The highest BCUT2D eigenvalue weighted by atomic mass is 19.4. The molecule has 0 unspecified atom stereocenters. The van der Waals surface area contributed by atoms with E-state index in [0.717, 1.165) is 18.9 Å².